The number of anilines is 1. The first kappa shape index (κ1) is 31.8. The third-order valence-electron chi connectivity index (χ3n) is 6.62. The molecule has 0 saturated heterocycles. The number of aromatic nitrogens is 1. The Kier molecular flexibility index (Phi) is 11.7. The number of rotatable bonds is 16. The smallest absolute Gasteiger partial charge is 0.260 e. The molecule has 1 heterocycles. The number of sulfonamides is 1. The summed E-state index contributed by atoms with van der Waals surface area (Å²) in [4.78, 5) is 22.5. The molecule has 220 valence electrons. The van der Waals surface area contributed by atoms with Crippen LogP contribution in [0.3, 0.4) is 0 Å². The summed E-state index contributed by atoms with van der Waals surface area (Å²) in [6.45, 7) is 6.32. The summed E-state index contributed by atoms with van der Waals surface area (Å²) >= 11 is 1.37. The van der Waals surface area contributed by atoms with Crippen LogP contribution in [0.2, 0.25) is 0 Å². The summed E-state index contributed by atoms with van der Waals surface area (Å²) in [5, 5.41) is 0.531. The summed E-state index contributed by atoms with van der Waals surface area (Å²) < 4.78 is 40.2. The highest BCUT2D eigenvalue weighted by Gasteiger charge is 2.26. The molecule has 3 rings (SSSR count). The van der Waals surface area contributed by atoms with Crippen LogP contribution in [0.25, 0.3) is 10.2 Å². The zero-order chi connectivity index (χ0) is 29.3. The number of ether oxygens (including phenoxy) is 2. The Morgan fingerprint density at radius 3 is 2.00 bits per heavy atom. The SMILES string of the molecule is CCCCN(CCCC)S(=O)(=O)c1ccc(C(=O)N(CCCN(C)C)c2nc3c(OC)ccc(OC)c3s2)cc1. The fraction of sp³-hybridized carbons (Fsp3) is 0.517. The highest BCUT2D eigenvalue weighted by Crippen LogP contribution is 2.40. The van der Waals surface area contributed by atoms with Crippen LogP contribution in [-0.2, 0) is 10.0 Å². The molecule has 0 fully saturated rings. The highest BCUT2D eigenvalue weighted by atomic mass is 32.2. The van der Waals surface area contributed by atoms with Gasteiger partial charge in [0.15, 0.2) is 5.13 Å². The maximum Gasteiger partial charge on any atom is 0.260 e. The number of unbranched alkanes of at least 4 members (excludes halogenated alkanes) is 2. The molecule has 11 heteroatoms. The molecule has 40 heavy (non-hydrogen) atoms. The lowest BCUT2D eigenvalue weighted by Crippen LogP contribution is -2.34. The Bertz CT molecular complexity index is 1310. The Labute approximate surface area is 242 Å². The van der Waals surface area contributed by atoms with E-state index in [2.05, 4.69) is 4.90 Å². The lowest BCUT2D eigenvalue weighted by atomic mass is 10.2. The second kappa shape index (κ2) is 14.8. The van der Waals surface area contributed by atoms with Gasteiger partial charge in [0.25, 0.3) is 5.91 Å². The number of amides is 1. The second-order valence-corrected chi connectivity index (χ2v) is 12.8. The van der Waals surface area contributed by atoms with E-state index in [0.717, 1.165) is 43.3 Å². The van der Waals surface area contributed by atoms with E-state index >= 15 is 0 Å². The molecule has 0 aliphatic carbocycles. The average Bonchev–Trinajstić information content (AvgIpc) is 3.39. The molecule has 0 unspecified atom stereocenters. The molecule has 0 saturated carbocycles. The van der Waals surface area contributed by atoms with E-state index in [9.17, 15) is 13.2 Å². The van der Waals surface area contributed by atoms with Crippen LogP contribution in [0.1, 0.15) is 56.3 Å². The lowest BCUT2D eigenvalue weighted by Gasteiger charge is -2.23. The van der Waals surface area contributed by atoms with Crippen molar-refractivity contribution in [3.63, 3.8) is 0 Å². The van der Waals surface area contributed by atoms with Crippen molar-refractivity contribution in [2.75, 3.05) is 59.4 Å². The van der Waals surface area contributed by atoms with E-state index in [4.69, 9.17) is 14.5 Å². The van der Waals surface area contributed by atoms with Crippen molar-refractivity contribution in [1.29, 1.82) is 0 Å². The first-order valence-corrected chi connectivity index (χ1v) is 16.0. The van der Waals surface area contributed by atoms with E-state index in [1.54, 1.807) is 41.6 Å². The van der Waals surface area contributed by atoms with E-state index in [0.29, 0.717) is 47.3 Å². The monoisotopic (exact) mass is 590 g/mol. The van der Waals surface area contributed by atoms with Gasteiger partial charge in [0.1, 0.15) is 21.7 Å². The molecule has 3 aromatic rings. The molecular formula is C29H42N4O5S2. The molecule has 1 aromatic heterocycles. The minimum Gasteiger partial charge on any atom is -0.495 e. The van der Waals surface area contributed by atoms with Gasteiger partial charge in [-0.3, -0.25) is 9.69 Å². The quantitative estimate of drug-likeness (QED) is 0.217. The van der Waals surface area contributed by atoms with Crippen molar-refractivity contribution in [3.8, 4) is 11.5 Å². The molecule has 0 radical (unpaired) electrons. The van der Waals surface area contributed by atoms with Crippen LogP contribution in [0.4, 0.5) is 5.13 Å². The number of methoxy groups -OCH3 is 2. The molecule has 0 spiro atoms. The standard InChI is InChI=1S/C29H42N4O5S2/c1-7-9-19-32(20-10-8-2)40(35,36)23-14-12-22(13-15-23)28(34)33(21-11-18-31(3)4)29-30-26-24(37-5)16-17-25(38-6)27(26)39-29/h12-17H,7-11,18-21H2,1-6H3. The topological polar surface area (TPSA) is 92.3 Å². The van der Waals surface area contributed by atoms with Crippen LogP contribution >= 0.6 is 11.3 Å². The average molecular weight is 591 g/mol. The van der Waals surface area contributed by atoms with Gasteiger partial charge in [-0.1, -0.05) is 38.0 Å². The lowest BCUT2D eigenvalue weighted by molar-refractivity contribution is 0.0986. The fourth-order valence-electron chi connectivity index (χ4n) is 4.31. The van der Waals surface area contributed by atoms with Gasteiger partial charge in [-0.15, -0.1) is 0 Å². The fourth-order valence-corrected chi connectivity index (χ4v) is 6.93. The number of nitrogens with zero attached hydrogens (tertiary/aromatic N) is 4. The molecule has 2 aromatic carbocycles. The number of thiazole rings is 1. The summed E-state index contributed by atoms with van der Waals surface area (Å²) in [5.74, 6) is 1.02. The highest BCUT2D eigenvalue weighted by molar-refractivity contribution is 7.89. The number of carbonyl (C=O) groups is 1. The van der Waals surface area contributed by atoms with E-state index in [1.165, 1.54) is 23.5 Å². The summed E-state index contributed by atoms with van der Waals surface area (Å²) in [6, 6.07) is 9.89. The maximum atomic E-state index is 13.8. The van der Waals surface area contributed by atoms with E-state index in [1.807, 2.05) is 34.0 Å². The third-order valence-corrected chi connectivity index (χ3v) is 9.63. The predicted molar refractivity (Wildman–Crippen MR) is 163 cm³/mol. The van der Waals surface area contributed by atoms with Crippen molar-refractivity contribution in [2.45, 2.75) is 50.8 Å². The third kappa shape index (κ3) is 7.51. The van der Waals surface area contributed by atoms with Gasteiger partial charge >= 0.3 is 0 Å². The summed E-state index contributed by atoms with van der Waals surface area (Å²) in [5.41, 5.74) is 1.03. The second-order valence-electron chi connectivity index (χ2n) is 9.89. The summed E-state index contributed by atoms with van der Waals surface area (Å²) in [7, 11) is 3.51. The van der Waals surface area contributed by atoms with Crippen LogP contribution in [-0.4, -0.2) is 83.0 Å². The zero-order valence-electron chi connectivity index (χ0n) is 24.5. The van der Waals surface area contributed by atoms with Crippen molar-refractivity contribution in [2.24, 2.45) is 0 Å². The molecular weight excluding hydrogens is 548 g/mol. The van der Waals surface area contributed by atoms with Gasteiger partial charge in [-0.05, 0) is 76.3 Å². The molecule has 1 amide bonds. The van der Waals surface area contributed by atoms with Gasteiger partial charge in [-0.2, -0.15) is 4.31 Å². The first-order valence-electron chi connectivity index (χ1n) is 13.8. The Hall–Kier alpha value is -2.73. The van der Waals surface area contributed by atoms with Crippen molar-refractivity contribution in [1.82, 2.24) is 14.2 Å². The van der Waals surface area contributed by atoms with Crippen LogP contribution in [0, 0.1) is 0 Å². The minimum absolute atomic E-state index is 0.199. The Balaban J connectivity index is 1.95. The molecule has 0 N–H and O–H groups in total. The van der Waals surface area contributed by atoms with Crippen molar-refractivity contribution in [3.05, 3.63) is 42.0 Å². The van der Waals surface area contributed by atoms with Gasteiger partial charge in [0.05, 0.1) is 19.1 Å². The minimum atomic E-state index is -3.65. The number of hydrogen-bond donors (Lipinski definition) is 0. The Morgan fingerprint density at radius 2 is 1.45 bits per heavy atom. The summed E-state index contributed by atoms with van der Waals surface area (Å²) in [6.07, 6.45) is 4.18. The molecule has 0 aliphatic rings. The van der Waals surface area contributed by atoms with E-state index in [-0.39, 0.29) is 10.8 Å². The largest absolute Gasteiger partial charge is 0.495 e. The van der Waals surface area contributed by atoms with E-state index < -0.39 is 10.0 Å². The molecule has 9 nitrogen and oxygen atoms in total. The van der Waals surface area contributed by atoms with Crippen LogP contribution in [0.5, 0.6) is 11.5 Å². The first-order chi connectivity index (χ1) is 19.2. The maximum absolute atomic E-state index is 13.8. The number of hydrogen-bond acceptors (Lipinski definition) is 8. The number of benzene rings is 2. The van der Waals surface area contributed by atoms with Crippen LogP contribution < -0.4 is 14.4 Å². The number of carbonyl (C=O) groups excluding carboxylic acids is 1. The Morgan fingerprint density at radius 1 is 0.850 bits per heavy atom. The van der Waals surface area contributed by atoms with Crippen LogP contribution in [0.15, 0.2) is 41.3 Å². The molecule has 0 bridgehead atoms. The van der Waals surface area contributed by atoms with Gasteiger partial charge in [0, 0.05) is 25.2 Å². The van der Waals surface area contributed by atoms with Crippen molar-refractivity contribution >= 4 is 42.6 Å². The molecule has 0 atom stereocenters. The van der Waals surface area contributed by atoms with Gasteiger partial charge in [0.2, 0.25) is 10.0 Å². The molecule has 0 aliphatic heterocycles. The zero-order valence-corrected chi connectivity index (χ0v) is 26.1. The predicted octanol–water partition coefficient (Wildman–Crippen LogP) is 5.50. The normalized spacial score (nSPS) is 11.9. The number of fused-ring (bicyclic) bond motifs is 1. The van der Waals surface area contributed by atoms with Gasteiger partial charge in [-0.25, -0.2) is 13.4 Å². The van der Waals surface area contributed by atoms with Crippen molar-refractivity contribution < 1.29 is 22.7 Å². The van der Waals surface area contributed by atoms with Gasteiger partial charge < -0.3 is 14.4 Å².